The van der Waals surface area contributed by atoms with E-state index in [0.29, 0.717) is 15.7 Å². The Hall–Kier alpha value is -1.42. The molecule has 0 heterocycles. The smallest absolute Gasteiger partial charge is 0.259 e. The van der Waals surface area contributed by atoms with E-state index in [2.05, 4.69) is 5.32 Å². The Morgan fingerprint density at radius 3 is 2.50 bits per heavy atom. The molecule has 0 atom stereocenters. The van der Waals surface area contributed by atoms with Crippen molar-refractivity contribution in [3.63, 3.8) is 0 Å². The molecule has 0 aliphatic carbocycles. The fraction of sp³-hybridized carbons (Fsp3) is 0.0714. The number of hydrogen-bond donors (Lipinski definition) is 1. The molecule has 0 unspecified atom stereocenters. The number of carbonyl (C=O) groups excluding carboxylic acids is 1. The normalized spacial score (nSPS) is 10.2. The summed E-state index contributed by atoms with van der Waals surface area (Å²) in [5.41, 5.74) is 0.825. The van der Waals surface area contributed by atoms with Crippen LogP contribution in [0.15, 0.2) is 36.4 Å². The van der Waals surface area contributed by atoms with E-state index >= 15 is 0 Å². The lowest BCUT2D eigenvalue weighted by molar-refractivity contribution is 0.102. The van der Waals surface area contributed by atoms with Crippen LogP contribution in [0.2, 0.25) is 15.1 Å². The molecule has 104 valence electrons. The fourth-order valence-electron chi connectivity index (χ4n) is 1.70. The van der Waals surface area contributed by atoms with Crippen molar-refractivity contribution in [3.8, 4) is 5.75 Å². The van der Waals surface area contributed by atoms with Gasteiger partial charge in [-0.05, 0) is 30.3 Å². The first-order valence-corrected chi connectivity index (χ1v) is 6.74. The van der Waals surface area contributed by atoms with Gasteiger partial charge in [0.05, 0.1) is 17.7 Å². The summed E-state index contributed by atoms with van der Waals surface area (Å²) in [6, 6.07) is 9.82. The van der Waals surface area contributed by atoms with E-state index in [1.165, 1.54) is 19.2 Å². The van der Waals surface area contributed by atoms with Gasteiger partial charge in [0, 0.05) is 15.7 Å². The van der Waals surface area contributed by atoms with Gasteiger partial charge >= 0.3 is 0 Å². The molecule has 0 bridgehead atoms. The zero-order valence-electron chi connectivity index (χ0n) is 10.4. The van der Waals surface area contributed by atoms with E-state index in [1.54, 1.807) is 24.3 Å². The molecule has 0 spiro atoms. The number of nitrogens with one attached hydrogen (secondary N) is 1. The third-order valence-corrected chi connectivity index (χ3v) is 3.27. The third kappa shape index (κ3) is 3.37. The molecule has 2 rings (SSSR count). The third-order valence-electron chi connectivity index (χ3n) is 2.54. The van der Waals surface area contributed by atoms with E-state index in [1.807, 2.05) is 0 Å². The summed E-state index contributed by atoms with van der Waals surface area (Å²) < 4.78 is 5.14. The van der Waals surface area contributed by atoms with Crippen LogP contribution in [0.25, 0.3) is 0 Å². The summed E-state index contributed by atoms with van der Waals surface area (Å²) in [6.45, 7) is 0. The Morgan fingerprint density at radius 1 is 1.10 bits per heavy atom. The summed E-state index contributed by atoms with van der Waals surface area (Å²) in [5, 5.41) is 3.86. The first-order valence-electron chi connectivity index (χ1n) is 5.61. The van der Waals surface area contributed by atoms with E-state index in [-0.39, 0.29) is 22.2 Å². The van der Waals surface area contributed by atoms with Gasteiger partial charge in [0.1, 0.15) is 5.75 Å². The number of anilines is 1. The minimum atomic E-state index is -0.381. The highest BCUT2D eigenvalue weighted by molar-refractivity contribution is 6.36. The minimum Gasteiger partial charge on any atom is -0.494 e. The number of carbonyl (C=O) groups is 1. The van der Waals surface area contributed by atoms with E-state index in [9.17, 15) is 4.79 Å². The molecule has 6 heteroatoms. The van der Waals surface area contributed by atoms with E-state index < -0.39 is 0 Å². The van der Waals surface area contributed by atoms with E-state index in [0.717, 1.165) is 0 Å². The summed E-state index contributed by atoms with van der Waals surface area (Å²) in [6.07, 6.45) is 0. The van der Waals surface area contributed by atoms with Crippen LogP contribution in [0.1, 0.15) is 10.4 Å². The van der Waals surface area contributed by atoms with Gasteiger partial charge < -0.3 is 10.1 Å². The highest BCUT2D eigenvalue weighted by Crippen LogP contribution is 2.32. The molecule has 0 saturated heterocycles. The molecule has 0 fully saturated rings. The maximum atomic E-state index is 12.3. The zero-order chi connectivity index (χ0) is 14.7. The Balaban J connectivity index is 2.34. The van der Waals surface area contributed by atoms with Crippen molar-refractivity contribution in [1.82, 2.24) is 0 Å². The van der Waals surface area contributed by atoms with Crippen molar-refractivity contribution in [1.29, 1.82) is 0 Å². The first-order chi connectivity index (χ1) is 9.51. The number of amides is 1. The van der Waals surface area contributed by atoms with Gasteiger partial charge in [-0.15, -0.1) is 0 Å². The van der Waals surface area contributed by atoms with Crippen molar-refractivity contribution in [2.24, 2.45) is 0 Å². The minimum absolute atomic E-state index is 0.255. The molecule has 2 aromatic rings. The predicted molar refractivity (Wildman–Crippen MR) is 82.4 cm³/mol. The molecule has 2 aromatic carbocycles. The van der Waals surface area contributed by atoms with Crippen molar-refractivity contribution in [2.75, 3.05) is 12.4 Å². The second-order valence-corrected chi connectivity index (χ2v) is 5.21. The average molecular weight is 331 g/mol. The molecule has 3 nitrogen and oxygen atoms in total. The number of ether oxygens (including phenoxy) is 1. The number of methoxy groups -OCH3 is 1. The maximum absolute atomic E-state index is 12.3. The summed E-state index contributed by atoms with van der Waals surface area (Å²) >= 11 is 17.8. The maximum Gasteiger partial charge on any atom is 0.259 e. The molecule has 1 N–H and O–H groups in total. The lowest BCUT2D eigenvalue weighted by Crippen LogP contribution is -2.13. The summed E-state index contributed by atoms with van der Waals surface area (Å²) in [4.78, 5) is 12.3. The molecule has 0 aromatic heterocycles. The highest BCUT2D eigenvalue weighted by Gasteiger charge is 2.17. The molecule has 1 amide bonds. The van der Waals surface area contributed by atoms with Crippen LogP contribution >= 0.6 is 34.8 Å². The van der Waals surface area contributed by atoms with Crippen molar-refractivity contribution in [3.05, 3.63) is 57.0 Å². The molecule has 0 aliphatic rings. The van der Waals surface area contributed by atoms with Crippen LogP contribution < -0.4 is 10.1 Å². The fourth-order valence-corrected chi connectivity index (χ4v) is 2.46. The second kappa shape index (κ2) is 6.35. The van der Waals surface area contributed by atoms with Crippen LogP contribution in [0, 0.1) is 0 Å². The van der Waals surface area contributed by atoms with Gasteiger partial charge in [0.25, 0.3) is 5.91 Å². The topological polar surface area (TPSA) is 38.3 Å². The van der Waals surface area contributed by atoms with Crippen LogP contribution in [0.3, 0.4) is 0 Å². The molecule has 20 heavy (non-hydrogen) atoms. The van der Waals surface area contributed by atoms with Gasteiger partial charge in [-0.3, -0.25) is 4.79 Å². The molecular formula is C14H10Cl3NO2. The second-order valence-electron chi connectivity index (χ2n) is 3.93. The van der Waals surface area contributed by atoms with Gasteiger partial charge in [0.15, 0.2) is 0 Å². The summed E-state index contributed by atoms with van der Waals surface area (Å²) in [7, 11) is 1.44. The Morgan fingerprint density at radius 2 is 1.85 bits per heavy atom. The quantitative estimate of drug-likeness (QED) is 0.868. The van der Waals surface area contributed by atoms with Gasteiger partial charge in [0.2, 0.25) is 0 Å². The Labute approximate surface area is 131 Å². The first kappa shape index (κ1) is 15.0. The van der Waals surface area contributed by atoms with Gasteiger partial charge in [-0.1, -0.05) is 40.9 Å². The Bertz CT molecular complexity index is 659. The van der Waals surface area contributed by atoms with Crippen LogP contribution in [0.4, 0.5) is 5.69 Å². The molecule has 0 saturated carbocycles. The molecule has 0 radical (unpaired) electrons. The largest absolute Gasteiger partial charge is 0.494 e. The van der Waals surface area contributed by atoms with Gasteiger partial charge in [-0.25, -0.2) is 0 Å². The SMILES string of the molecule is COc1c(Cl)cc(Cl)cc1C(=O)Nc1cccc(Cl)c1. The van der Waals surface area contributed by atoms with E-state index in [4.69, 9.17) is 39.5 Å². The summed E-state index contributed by atoms with van der Waals surface area (Å²) in [5.74, 6) is -0.107. The monoisotopic (exact) mass is 329 g/mol. The van der Waals surface area contributed by atoms with Crippen molar-refractivity contribution in [2.45, 2.75) is 0 Å². The lowest BCUT2D eigenvalue weighted by Gasteiger charge is -2.11. The van der Waals surface area contributed by atoms with Crippen molar-refractivity contribution < 1.29 is 9.53 Å². The van der Waals surface area contributed by atoms with Crippen LogP contribution in [-0.2, 0) is 0 Å². The number of benzene rings is 2. The number of rotatable bonds is 3. The number of halogens is 3. The van der Waals surface area contributed by atoms with Crippen molar-refractivity contribution >= 4 is 46.4 Å². The Kier molecular flexibility index (Phi) is 4.76. The predicted octanol–water partition coefficient (Wildman–Crippen LogP) is 4.91. The van der Waals surface area contributed by atoms with Crippen LogP contribution in [-0.4, -0.2) is 13.0 Å². The highest BCUT2D eigenvalue weighted by atomic mass is 35.5. The average Bonchev–Trinajstić information content (AvgIpc) is 2.37. The van der Waals surface area contributed by atoms with Crippen LogP contribution in [0.5, 0.6) is 5.75 Å². The zero-order valence-corrected chi connectivity index (χ0v) is 12.7. The molecule has 0 aliphatic heterocycles. The number of hydrogen-bond acceptors (Lipinski definition) is 2. The lowest BCUT2D eigenvalue weighted by atomic mass is 10.1. The molecular weight excluding hydrogens is 321 g/mol. The van der Waals surface area contributed by atoms with Gasteiger partial charge in [-0.2, -0.15) is 0 Å². The standard InChI is InChI=1S/C14H10Cl3NO2/c1-20-13-11(6-9(16)7-12(13)17)14(19)18-10-4-2-3-8(15)5-10/h2-7H,1H3,(H,18,19).